The van der Waals surface area contributed by atoms with Crippen LogP contribution in [-0.4, -0.2) is 62.4 Å². The summed E-state index contributed by atoms with van der Waals surface area (Å²) in [7, 11) is 0. The molecular weight excluding hydrogens is 473 g/mol. The van der Waals surface area contributed by atoms with Gasteiger partial charge in [0, 0.05) is 6.54 Å². The third-order valence-corrected chi connectivity index (χ3v) is 4.99. The van der Waals surface area contributed by atoms with Gasteiger partial charge in [-0.25, -0.2) is 9.59 Å². The Bertz CT molecular complexity index is 815. The Morgan fingerprint density at radius 3 is 2.10 bits per heavy atom. The number of benzene rings is 1. The Morgan fingerprint density at radius 2 is 1.70 bits per heavy atom. The number of hydrogen-bond donors (Lipinski definition) is 1. The molecule has 1 aliphatic rings. The molecular formula is C19H22BrF3N2O5. The molecule has 1 heterocycles. The lowest BCUT2D eigenvalue weighted by Gasteiger charge is -2.52. The van der Waals surface area contributed by atoms with E-state index in [-0.39, 0.29) is 25.0 Å². The molecule has 0 radical (unpaired) electrons. The second-order valence-electron chi connectivity index (χ2n) is 7.98. The number of halogens is 4. The number of hydrogen-bond acceptors (Lipinski definition) is 4. The maximum atomic E-state index is 12.8. The second kappa shape index (κ2) is 8.44. The Balaban J connectivity index is 2.25. The zero-order chi connectivity index (χ0) is 22.9. The van der Waals surface area contributed by atoms with E-state index < -0.39 is 40.8 Å². The van der Waals surface area contributed by atoms with Gasteiger partial charge in [0.15, 0.2) is 5.54 Å². The van der Waals surface area contributed by atoms with Gasteiger partial charge in [0.05, 0.1) is 24.0 Å². The number of carboxylic acids is 1. The number of nitrogens with zero attached hydrogens (tertiary/aromatic N) is 2. The van der Waals surface area contributed by atoms with Crippen molar-refractivity contribution in [1.82, 2.24) is 9.80 Å². The molecule has 1 aliphatic heterocycles. The van der Waals surface area contributed by atoms with E-state index in [1.54, 1.807) is 20.8 Å². The van der Waals surface area contributed by atoms with E-state index >= 15 is 0 Å². The lowest BCUT2D eigenvalue weighted by Crippen LogP contribution is -2.76. The molecule has 0 atom stereocenters. The van der Waals surface area contributed by atoms with Crippen LogP contribution in [0.3, 0.4) is 0 Å². The van der Waals surface area contributed by atoms with Gasteiger partial charge in [0.2, 0.25) is 5.91 Å². The minimum atomic E-state index is -4.51. The van der Waals surface area contributed by atoms with Crippen molar-refractivity contribution in [3.8, 4) is 0 Å². The predicted octanol–water partition coefficient (Wildman–Crippen LogP) is 3.50. The third-order valence-electron chi connectivity index (χ3n) is 4.51. The smallest absolute Gasteiger partial charge is 0.416 e. The van der Waals surface area contributed by atoms with Crippen molar-refractivity contribution >= 4 is 33.9 Å². The Hall–Kier alpha value is -2.30. The zero-order valence-corrected chi connectivity index (χ0v) is 18.2. The van der Waals surface area contributed by atoms with Crippen molar-refractivity contribution in [2.75, 3.05) is 18.4 Å². The lowest BCUT2D eigenvalue weighted by atomic mass is 9.87. The van der Waals surface area contributed by atoms with Gasteiger partial charge in [-0.15, -0.1) is 0 Å². The molecule has 1 aromatic rings. The monoisotopic (exact) mass is 494 g/mol. The molecule has 0 aromatic heterocycles. The highest BCUT2D eigenvalue weighted by Crippen LogP contribution is 2.33. The molecule has 2 amide bonds. The fourth-order valence-corrected chi connectivity index (χ4v) is 3.30. The first-order valence-corrected chi connectivity index (χ1v) is 10.1. The van der Waals surface area contributed by atoms with E-state index in [0.717, 1.165) is 17.0 Å². The van der Waals surface area contributed by atoms with E-state index in [1.807, 2.05) is 0 Å². The van der Waals surface area contributed by atoms with Crippen molar-refractivity contribution in [1.29, 1.82) is 0 Å². The molecule has 0 unspecified atom stereocenters. The number of ether oxygens (including phenoxy) is 1. The molecule has 11 heteroatoms. The molecule has 0 spiro atoms. The Labute approximate surface area is 179 Å². The molecule has 7 nitrogen and oxygen atoms in total. The molecule has 166 valence electrons. The lowest BCUT2D eigenvalue weighted by molar-refractivity contribution is -0.171. The number of alkyl halides is 4. The number of rotatable bonds is 5. The number of amides is 2. The summed E-state index contributed by atoms with van der Waals surface area (Å²) in [5, 5.41) is 9.64. The standard InChI is InChI=1S/C19H22BrF3N2O5/c1-17(2,3)30-16(29)24-10-18(11-24,15(27)28)25(14(26)8-20)9-12-4-6-13(7-5-12)19(21,22)23/h4-7H,8-11H2,1-3H3,(H,27,28). The van der Waals surface area contributed by atoms with Crippen LogP contribution in [0.1, 0.15) is 31.9 Å². The van der Waals surface area contributed by atoms with Crippen molar-refractivity contribution in [3.05, 3.63) is 35.4 Å². The second-order valence-corrected chi connectivity index (χ2v) is 8.54. The number of likely N-dealkylation sites (tertiary alicyclic amines) is 1. The quantitative estimate of drug-likeness (QED) is 0.633. The van der Waals surface area contributed by atoms with Crippen LogP contribution in [0.15, 0.2) is 24.3 Å². The van der Waals surface area contributed by atoms with Crippen molar-refractivity contribution in [2.45, 2.75) is 44.6 Å². The van der Waals surface area contributed by atoms with E-state index in [4.69, 9.17) is 4.74 Å². The van der Waals surface area contributed by atoms with Gasteiger partial charge >= 0.3 is 18.2 Å². The third kappa shape index (κ3) is 5.24. The topological polar surface area (TPSA) is 87.2 Å². The molecule has 0 bridgehead atoms. The van der Waals surface area contributed by atoms with Crippen LogP contribution in [0.4, 0.5) is 18.0 Å². The van der Waals surface area contributed by atoms with Crippen LogP contribution in [0.25, 0.3) is 0 Å². The maximum absolute atomic E-state index is 12.8. The fraction of sp³-hybridized carbons (Fsp3) is 0.526. The van der Waals surface area contributed by atoms with Crippen LogP contribution >= 0.6 is 15.9 Å². The molecule has 2 rings (SSSR count). The number of aliphatic carboxylic acids is 1. The Morgan fingerprint density at radius 1 is 1.17 bits per heavy atom. The summed E-state index contributed by atoms with van der Waals surface area (Å²) in [6.45, 7) is 4.19. The molecule has 1 saturated heterocycles. The maximum Gasteiger partial charge on any atom is 0.416 e. The zero-order valence-electron chi connectivity index (χ0n) is 16.6. The number of carbonyl (C=O) groups is 3. The van der Waals surface area contributed by atoms with Gasteiger partial charge in [-0.3, -0.25) is 4.79 Å². The molecule has 0 saturated carbocycles. The molecule has 0 aliphatic carbocycles. The van der Waals surface area contributed by atoms with Crippen LogP contribution in [0, 0.1) is 0 Å². The normalized spacial score (nSPS) is 15.9. The average Bonchev–Trinajstić information content (AvgIpc) is 2.57. The van der Waals surface area contributed by atoms with Crippen LogP contribution in [0.5, 0.6) is 0 Å². The first-order chi connectivity index (χ1) is 13.7. The van der Waals surface area contributed by atoms with Crippen LogP contribution in [0.2, 0.25) is 0 Å². The number of carboxylic acid groups (broad SMARTS) is 1. The van der Waals surface area contributed by atoms with E-state index in [0.29, 0.717) is 5.56 Å². The molecule has 1 fully saturated rings. The minimum absolute atomic E-state index is 0.185. The summed E-state index contributed by atoms with van der Waals surface area (Å²) in [6, 6.07) is 4.12. The highest BCUT2D eigenvalue weighted by atomic mass is 79.9. The van der Waals surface area contributed by atoms with E-state index in [9.17, 15) is 32.7 Å². The van der Waals surface area contributed by atoms with E-state index in [2.05, 4.69) is 15.9 Å². The van der Waals surface area contributed by atoms with Gasteiger partial charge in [0.1, 0.15) is 5.60 Å². The Kier molecular flexibility index (Phi) is 6.75. The van der Waals surface area contributed by atoms with Crippen molar-refractivity contribution < 1.29 is 37.4 Å². The van der Waals surface area contributed by atoms with Gasteiger partial charge in [0.25, 0.3) is 0 Å². The van der Waals surface area contributed by atoms with Crippen molar-refractivity contribution in [3.63, 3.8) is 0 Å². The summed E-state index contributed by atoms with van der Waals surface area (Å²) in [5.41, 5.74) is -3.00. The van der Waals surface area contributed by atoms with Gasteiger partial charge in [-0.1, -0.05) is 28.1 Å². The van der Waals surface area contributed by atoms with Crippen LogP contribution in [-0.2, 0) is 27.0 Å². The summed E-state index contributed by atoms with van der Waals surface area (Å²) in [5.74, 6) is -1.88. The average molecular weight is 495 g/mol. The van der Waals surface area contributed by atoms with Crippen LogP contribution < -0.4 is 0 Å². The molecule has 1 N–H and O–H groups in total. The first kappa shape index (κ1) is 24.0. The summed E-state index contributed by atoms with van der Waals surface area (Å²) < 4.78 is 43.5. The summed E-state index contributed by atoms with van der Waals surface area (Å²) in [4.78, 5) is 39.0. The SMILES string of the molecule is CC(C)(C)OC(=O)N1CC(C(=O)O)(N(Cc2ccc(C(F)(F)F)cc2)C(=O)CBr)C1. The molecule has 1 aromatic carbocycles. The predicted molar refractivity (Wildman–Crippen MR) is 104 cm³/mol. The molecule has 30 heavy (non-hydrogen) atoms. The highest BCUT2D eigenvalue weighted by Gasteiger charge is 2.57. The van der Waals surface area contributed by atoms with E-state index in [1.165, 1.54) is 17.0 Å². The van der Waals surface area contributed by atoms with Gasteiger partial charge in [-0.2, -0.15) is 13.2 Å². The first-order valence-electron chi connectivity index (χ1n) is 8.93. The summed E-state index contributed by atoms with van der Waals surface area (Å²) in [6.07, 6.45) is -5.21. The van der Waals surface area contributed by atoms with Gasteiger partial charge in [-0.05, 0) is 38.5 Å². The highest BCUT2D eigenvalue weighted by molar-refractivity contribution is 9.09. The largest absolute Gasteiger partial charge is 0.479 e. The number of carbonyl (C=O) groups excluding carboxylic acids is 2. The van der Waals surface area contributed by atoms with Gasteiger partial charge < -0.3 is 19.6 Å². The van der Waals surface area contributed by atoms with Crippen molar-refractivity contribution in [2.24, 2.45) is 0 Å². The minimum Gasteiger partial charge on any atom is -0.479 e. The summed E-state index contributed by atoms with van der Waals surface area (Å²) >= 11 is 3.01. The fourth-order valence-electron chi connectivity index (χ4n) is 2.99.